The van der Waals surface area contributed by atoms with Crippen LogP contribution in [-0.4, -0.2) is 47.9 Å². The largest absolute Gasteiger partial charge is 0.497 e. The second kappa shape index (κ2) is 12.3. The number of amides is 1. The van der Waals surface area contributed by atoms with Crippen LogP contribution in [0.4, 0.5) is 5.69 Å². The zero-order valence-corrected chi connectivity index (χ0v) is 23.1. The van der Waals surface area contributed by atoms with Crippen molar-refractivity contribution in [2.24, 2.45) is 4.99 Å². The number of thioether (sulfide) groups is 1. The lowest BCUT2D eigenvalue weighted by atomic mass is 10.1. The minimum Gasteiger partial charge on any atom is -0.497 e. The van der Waals surface area contributed by atoms with Crippen LogP contribution in [0.1, 0.15) is 42.3 Å². The van der Waals surface area contributed by atoms with Crippen LogP contribution in [-0.2, 0) is 16.0 Å². The van der Waals surface area contributed by atoms with E-state index in [2.05, 4.69) is 55.7 Å². The Morgan fingerprint density at radius 1 is 1.03 bits per heavy atom. The smallest absolute Gasteiger partial charge is 0.266 e. The molecular weight excluding hydrogens is 482 g/mol. The fourth-order valence-electron chi connectivity index (χ4n) is 4.40. The maximum atomic E-state index is 13.4. The highest BCUT2D eigenvalue weighted by atomic mass is 32.2. The zero-order valence-electron chi connectivity index (χ0n) is 22.3. The van der Waals surface area contributed by atoms with Crippen molar-refractivity contribution in [3.05, 3.63) is 82.0 Å². The number of ether oxygens (including phenoxy) is 2. The minimum atomic E-state index is -0.0561. The summed E-state index contributed by atoms with van der Waals surface area (Å²) in [7, 11) is 3.27. The van der Waals surface area contributed by atoms with Gasteiger partial charge in [-0.25, -0.2) is 4.99 Å². The normalized spacial score (nSPS) is 15.8. The van der Waals surface area contributed by atoms with Crippen molar-refractivity contribution in [2.75, 3.05) is 27.4 Å². The molecule has 1 fully saturated rings. The summed E-state index contributed by atoms with van der Waals surface area (Å²) in [4.78, 5) is 20.5. The number of aryl methyl sites for hydroxylation is 2. The predicted molar refractivity (Wildman–Crippen MR) is 153 cm³/mol. The molecule has 1 aromatic heterocycles. The van der Waals surface area contributed by atoms with E-state index in [1.54, 1.807) is 19.1 Å². The molecule has 4 rings (SSSR count). The summed E-state index contributed by atoms with van der Waals surface area (Å²) in [5, 5.41) is 0.648. The van der Waals surface area contributed by atoms with Crippen molar-refractivity contribution in [1.82, 2.24) is 9.47 Å². The fourth-order valence-corrected chi connectivity index (χ4v) is 5.42. The van der Waals surface area contributed by atoms with E-state index in [1.165, 1.54) is 30.2 Å². The Kier molecular flexibility index (Phi) is 8.90. The van der Waals surface area contributed by atoms with Gasteiger partial charge in [-0.2, -0.15) is 0 Å². The van der Waals surface area contributed by atoms with Crippen molar-refractivity contribution in [3.63, 3.8) is 0 Å². The first-order valence-corrected chi connectivity index (χ1v) is 13.5. The number of carbonyl (C=O) groups excluding carboxylic acids is 1. The summed E-state index contributed by atoms with van der Waals surface area (Å²) in [6.45, 7) is 7.30. The van der Waals surface area contributed by atoms with Gasteiger partial charge in [0.25, 0.3) is 5.91 Å². The average Bonchev–Trinajstić information content (AvgIpc) is 3.36. The van der Waals surface area contributed by atoms with Crippen molar-refractivity contribution in [2.45, 2.75) is 40.0 Å². The lowest BCUT2D eigenvalue weighted by Crippen LogP contribution is -2.32. The van der Waals surface area contributed by atoms with E-state index >= 15 is 0 Å². The third-order valence-electron chi connectivity index (χ3n) is 6.47. The number of carbonyl (C=O) groups is 1. The molecule has 1 aliphatic heterocycles. The number of hydrogen-bond donors (Lipinski definition) is 0. The van der Waals surface area contributed by atoms with Gasteiger partial charge < -0.3 is 14.0 Å². The Hall–Kier alpha value is -3.29. The van der Waals surface area contributed by atoms with Gasteiger partial charge >= 0.3 is 0 Å². The van der Waals surface area contributed by atoms with Gasteiger partial charge in [-0.05, 0) is 98.1 Å². The summed E-state index contributed by atoms with van der Waals surface area (Å²) in [6.07, 6.45) is 5.49. The molecule has 37 heavy (non-hydrogen) atoms. The predicted octanol–water partition coefficient (Wildman–Crippen LogP) is 6.70. The molecule has 0 spiro atoms. The highest BCUT2D eigenvalue weighted by Crippen LogP contribution is 2.35. The summed E-state index contributed by atoms with van der Waals surface area (Å²) in [5.74, 6) is 0.710. The molecule has 1 saturated heterocycles. The van der Waals surface area contributed by atoms with Crippen LogP contribution in [0, 0.1) is 13.8 Å². The Labute approximate surface area is 224 Å². The second-order valence-electron chi connectivity index (χ2n) is 9.08. The number of amidine groups is 1. The van der Waals surface area contributed by atoms with Gasteiger partial charge in [0.1, 0.15) is 5.75 Å². The molecule has 2 heterocycles. The van der Waals surface area contributed by atoms with E-state index in [9.17, 15) is 4.79 Å². The zero-order chi connectivity index (χ0) is 26.4. The first kappa shape index (κ1) is 26.8. The summed E-state index contributed by atoms with van der Waals surface area (Å²) in [5.41, 5.74) is 6.52. The maximum Gasteiger partial charge on any atom is 0.266 e. The van der Waals surface area contributed by atoms with E-state index < -0.39 is 0 Å². The molecule has 0 N–H and O–H groups in total. The lowest BCUT2D eigenvalue weighted by molar-refractivity contribution is -0.122. The number of aromatic nitrogens is 1. The fraction of sp³-hybridized carbons (Fsp3) is 0.333. The standard InChI is InChI=1S/C30H35N3O3S/c1-6-7-8-23-9-13-26(14-10-23)33-21(2)19-24(22(33)3)20-28-29(34)32(17-18-35-4)30(37-28)31-25-11-15-27(36-5)16-12-25/h9-16,19-20H,6-8,17-18H2,1-5H3/b28-20-,31-30?. The van der Waals surface area contributed by atoms with Gasteiger partial charge in [0.05, 0.1) is 30.9 Å². The first-order valence-electron chi connectivity index (χ1n) is 12.7. The van der Waals surface area contributed by atoms with Gasteiger partial charge in [0.2, 0.25) is 0 Å². The monoisotopic (exact) mass is 517 g/mol. The molecule has 0 radical (unpaired) electrons. The average molecular weight is 518 g/mol. The molecule has 0 unspecified atom stereocenters. The van der Waals surface area contributed by atoms with Crippen LogP contribution in [0.15, 0.2) is 64.5 Å². The second-order valence-corrected chi connectivity index (χ2v) is 10.1. The highest BCUT2D eigenvalue weighted by Gasteiger charge is 2.33. The summed E-state index contributed by atoms with van der Waals surface area (Å²) >= 11 is 1.40. The topological polar surface area (TPSA) is 56.1 Å². The Bertz CT molecular complexity index is 1290. The van der Waals surface area contributed by atoms with Crippen LogP contribution in [0.2, 0.25) is 0 Å². The third-order valence-corrected chi connectivity index (χ3v) is 7.48. The number of benzene rings is 2. The molecule has 2 aromatic carbocycles. The molecular formula is C30H35N3O3S. The van der Waals surface area contributed by atoms with Crippen LogP contribution in [0.25, 0.3) is 11.8 Å². The number of nitrogens with zero attached hydrogens (tertiary/aromatic N) is 3. The van der Waals surface area contributed by atoms with Crippen LogP contribution in [0.5, 0.6) is 5.75 Å². The maximum absolute atomic E-state index is 13.4. The van der Waals surface area contributed by atoms with Crippen LogP contribution >= 0.6 is 11.8 Å². The highest BCUT2D eigenvalue weighted by molar-refractivity contribution is 8.18. The molecule has 6 nitrogen and oxygen atoms in total. The number of rotatable bonds is 10. The van der Waals surface area contributed by atoms with Gasteiger partial charge in [-0.1, -0.05) is 25.5 Å². The van der Waals surface area contributed by atoms with Gasteiger partial charge in [0.15, 0.2) is 5.17 Å². The number of methoxy groups -OCH3 is 2. The molecule has 194 valence electrons. The van der Waals surface area contributed by atoms with Crippen LogP contribution < -0.4 is 4.74 Å². The summed E-state index contributed by atoms with van der Waals surface area (Å²) in [6, 6.07) is 18.4. The Balaban J connectivity index is 1.63. The van der Waals surface area contributed by atoms with Gasteiger partial charge in [-0.3, -0.25) is 9.69 Å². The van der Waals surface area contributed by atoms with Gasteiger partial charge in [-0.15, -0.1) is 0 Å². The van der Waals surface area contributed by atoms with Crippen molar-refractivity contribution in [1.29, 1.82) is 0 Å². The van der Waals surface area contributed by atoms with E-state index in [0.717, 1.165) is 40.5 Å². The first-order chi connectivity index (χ1) is 17.9. The number of hydrogen-bond acceptors (Lipinski definition) is 5. The van der Waals surface area contributed by atoms with Crippen molar-refractivity contribution < 1.29 is 14.3 Å². The van der Waals surface area contributed by atoms with Crippen molar-refractivity contribution >= 4 is 34.6 Å². The molecule has 0 saturated carbocycles. The van der Waals surface area contributed by atoms with E-state index in [0.29, 0.717) is 23.2 Å². The molecule has 0 atom stereocenters. The molecule has 7 heteroatoms. The molecule has 0 bridgehead atoms. The third kappa shape index (κ3) is 6.17. The summed E-state index contributed by atoms with van der Waals surface area (Å²) < 4.78 is 12.7. The number of unbranched alkanes of at least 4 members (excludes halogenated alkanes) is 1. The SMILES string of the molecule is CCCCc1ccc(-n2c(C)cc(/C=C3\SC(=Nc4ccc(OC)cc4)N(CCOC)C3=O)c2C)cc1. The molecule has 1 aliphatic rings. The van der Waals surface area contributed by atoms with E-state index in [1.807, 2.05) is 30.3 Å². The van der Waals surface area contributed by atoms with E-state index in [4.69, 9.17) is 14.5 Å². The minimum absolute atomic E-state index is 0.0561. The number of aliphatic imine (C=N–C) groups is 1. The molecule has 0 aliphatic carbocycles. The van der Waals surface area contributed by atoms with Gasteiger partial charge in [0, 0.05) is 24.2 Å². The lowest BCUT2D eigenvalue weighted by Gasteiger charge is -2.14. The van der Waals surface area contributed by atoms with E-state index in [-0.39, 0.29) is 5.91 Å². The quantitative estimate of drug-likeness (QED) is 0.281. The molecule has 3 aromatic rings. The van der Waals surface area contributed by atoms with Crippen molar-refractivity contribution in [3.8, 4) is 11.4 Å². The molecule has 1 amide bonds. The van der Waals surface area contributed by atoms with Crippen LogP contribution in [0.3, 0.4) is 0 Å². The Morgan fingerprint density at radius 2 is 1.76 bits per heavy atom. The Morgan fingerprint density at radius 3 is 2.41 bits per heavy atom.